The first-order valence-corrected chi connectivity index (χ1v) is 2.89. The van der Waals surface area contributed by atoms with Crippen LogP contribution in [0.3, 0.4) is 0 Å². The van der Waals surface area contributed by atoms with E-state index in [4.69, 9.17) is 5.11 Å². The molecule has 10 heavy (non-hydrogen) atoms. The Morgan fingerprint density at radius 2 is 2.30 bits per heavy atom. The molecule has 1 unspecified atom stereocenters. The van der Waals surface area contributed by atoms with E-state index in [-0.39, 0.29) is 12.3 Å². The number of hydrogen-bond donors (Lipinski definition) is 2. The van der Waals surface area contributed by atoms with Crippen LogP contribution >= 0.6 is 0 Å². The molecular formula is C5H8N2O3. The van der Waals surface area contributed by atoms with E-state index >= 15 is 0 Å². The predicted octanol–water partition coefficient (Wildman–Crippen LogP) is -1.76. The predicted molar refractivity (Wildman–Crippen MR) is 31.5 cm³/mol. The van der Waals surface area contributed by atoms with Crippen LogP contribution in [0.1, 0.15) is 6.42 Å². The van der Waals surface area contributed by atoms with Crippen molar-refractivity contribution in [3.05, 3.63) is 0 Å². The van der Waals surface area contributed by atoms with E-state index in [0.717, 1.165) is 5.01 Å². The molecular weight excluding hydrogens is 136 g/mol. The Morgan fingerprint density at radius 3 is 2.50 bits per heavy atom. The maximum absolute atomic E-state index is 10.7. The monoisotopic (exact) mass is 144 g/mol. The van der Waals surface area contributed by atoms with Gasteiger partial charge in [0.25, 0.3) is 5.91 Å². The van der Waals surface area contributed by atoms with Gasteiger partial charge in [0.1, 0.15) is 6.10 Å². The van der Waals surface area contributed by atoms with Crippen LogP contribution in [0, 0.1) is 0 Å². The molecule has 0 aromatic rings. The molecule has 0 saturated carbocycles. The highest BCUT2D eigenvalue weighted by atomic mass is 16.3. The Hall–Kier alpha value is -0.940. The van der Waals surface area contributed by atoms with Gasteiger partial charge >= 0.3 is 0 Å². The minimum atomic E-state index is -1.15. The fraction of sp³-hybridized carbons (Fsp3) is 0.600. The number of aliphatic hydroxyl groups is 1. The van der Waals surface area contributed by atoms with Gasteiger partial charge in [-0.15, -0.1) is 0 Å². The molecule has 0 bridgehead atoms. The SMILES string of the molecule is CNN1C(=O)CC(O)C1=O. The summed E-state index contributed by atoms with van der Waals surface area (Å²) in [5, 5.41) is 9.63. The minimum absolute atomic E-state index is 0.111. The summed E-state index contributed by atoms with van der Waals surface area (Å²) in [6.07, 6.45) is -1.26. The lowest BCUT2D eigenvalue weighted by atomic mass is 10.3. The third kappa shape index (κ3) is 0.891. The van der Waals surface area contributed by atoms with Crippen LogP contribution in [0.15, 0.2) is 0 Å². The highest BCUT2D eigenvalue weighted by molar-refractivity contribution is 6.04. The number of carbonyl (C=O) groups excluding carboxylic acids is 2. The Kier molecular flexibility index (Phi) is 1.69. The average Bonchev–Trinajstić information content (AvgIpc) is 2.09. The molecule has 0 aromatic carbocycles. The molecule has 5 nitrogen and oxygen atoms in total. The van der Waals surface area contributed by atoms with Crippen molar-refractivity contribution in [2.24, 2.45) is 0 Å². The first-order valence-electron chi connectivity index (χ1n) is 2.89. The fourth-order valence-corrected chi connectivity index (χ4v) is 0.851. The van der Waals surface area contributed by atoms with E-state index in [1.165, 1.54) is 7.05 Å². The van der Waals surface area contributed by atoms with Crippen LogP contribution in [0.2, 0.25) is 0 Å². The van der Waals surface area contributed by atoms with E-state index in [0.29, 0.717) is 0 Å². The first-order chi connectivity index (χ1) is 4.66. The van der Waals surface area contributed by atoms with E-state index in [1.807, 2.05) is 0 Å². The summed E-state index contributed by atoms with van der Waals surface area (Å²) in [6.45, 7) is 0. The quantitative estimate of drug-likeness (QED) is 0.428. The highest BCUT2D eigenvalue weighted by Gasteiger charge is 2.36. The van der Waals surface area contributed by atoms with Crippen LogP contribution in [-0.2, 0) is 9.59 Å². The van der Waals surface area contributed by atoms with Crippen molar-refractivity contribution in [1.82, 2.24) is 10.4 Å². The molecule has 1 aliphatic heterocycles. The van der Waals surface area contributed by atoms with Crippen LogP contribution < -0.4 is 5.43 Å². The van der Waals surface area contributed by atoms with Gasteiger partial charge in [0, 0.05) is 7.05 Å². The minimum Gasteiger partial charge on any atom is -0.383 e. The summed E-state index contributed by atoms with van der Waals surface area (Å²) in [6, 6.07) is 0. The Morgan fingerprint density at radius 1 is 1.70 bits per heavy atom. The molecule has 2 amide bonds. The number of carbonyl (C=O) groups is 2. The molecule has 1 fully saturated rings. The standard InChI is InChI=1S/C5H8N2O3/c1-6-7-4(9)2-3(8)5(7)10/h3,6,8H,2H2,1H3. The fourth-order valence-electron chi connectivity index (χ4n) is 0.851. The van der Waals surface area contributed by atoms with Gasteiger partial charge in [-0.3, -0.25) is 9.59 Å². The van der Waals surface area contributed by atoms with Gasteiger partial charge in [-0.05, 0) is 0 Å². The van der Waals surface area contributed by atoms with Crippen molar-refractivity contribution in [2.45, 2.75) is 12.5 Å². The smallest absolute Gasteiger partial charge is 0.273 e. The molecule has 5 heteroatoms. The summed E-state index contributed by atoms with van der Waals surface area (Å²) in [4.78, 5) is 21.4. The topological polar surface area (TPSA) is 69.6 Å². The van der Waals surface area contributed by atoms with Crippen molar-refractivity contribution in [2.75, 3.05) is 7.05 Å². The largest absolute Gasteiger partial charge is 0.383 e. The zero-order valence-corrected chi connectivity index (χ0v) is 5.50. The number of imide groups is 1. The molecule has 0 radical (unpaired) electrons. The third-order valence-corrected chi connectivity index (χ3v) is 1.35. The molecule has 0 aliphatic carbocycles. The lowest BCUT2D eigenvalue weighted by Crippen LogP contribution is -2.41. The molecule has 1 aliphatic rings. The molecule has 1 rings (SSSR count). The van der Waals surface area contributed by atoms with Gasteiger partial charge in [-0.25, -0.2) is 10.4 Å². The average molecular weight is 144 g/mol. The van der Waals surface area contributed by atoms with Crippen molar-refractivity contribution in [1.29, 1.82) is 0 Å². The first kappa shape index (κ1) is 7.17. The lowest BCUT2D eigenvalue weighted by molar-refractivity contribution is -0.143. The second kappa shape index (κ2) is 2.36. The molecule has 1 saturated heterocycles. The molecule has 0 aromatic heterocycles. The summed E-state index contributed by atoms with van der Waals surface area (Å²) in [5.74, 6) is -0.965. The number of hydrazine groups is 1. The van der Waals surface area contributed by atoms with Crippen LogP contribution in [0.4, 0.5) is 0 Å². The molecule has 2 N–H and O–H groups in total. The third-order valence-electron chi connectivity index (χ3n) is 1.35. The Labute approximate surface area is 57.6 Å². The Bertz CT molecular complexity index is 180. The van der Waals surface area contributed by atoms with Crippen LogP contribution in [0.5, 0.6) is 0 Å². The number of hydrogen-bond acceptors (Lipinski definition) is 4. The number of nitrogens with one attached hydrogen (secondary N) is 1. The summed E-state index contributed by atoms with van der Waals surface area (Å²) < 4.78 is 0. The van der Waals surface area contributed by atoms with Gasteiger partial charge in [-0.2, -0.15) is 0 Å². The molecule has 1 heterocycles. The number of aliphatic hydroxyl groups excluding tert-OH is 1. The Balaban J connectivity index is 2.74. The second-order valence-corrected chi connectivity index (χ2v) is 2.01. The summed E-state index contributed by atoms with van der Waals surface area (Å²) in [7, 11) is 1.45. The van der Waals surface area contributed by atoms with Crippen molar-refractivity contribution in [3.63, 3.8) is 0 Å². The van der Waals surface area contributed by atoms with Gasteiger partial charge in [0.2, 0.25) is 5.91 Å². The van der Waals surface area contributed by atoms with E-state index < -0.39 is 12.0 Å². The van der Waals surface area contributed by atoms with Gasteiger partial charge in [-0.1, -0.05) is 0 Å². The van der Waals surface area contributed by atoms with Crippen molar-refractivity contribution in [3.8, 4) is 0 Å². The molecule has 0 spiro atoms. The van der Waals surface area contributed by atoms with E-state index in [1.54, 1.807) is 0 Å². The maximum atomic E-state index is 10.7. The van der Waals surface area contributed by atoms with Gasteiger partial charge in [0.15, 0.2) is 0 Å². The van der Waals surface area contributed by atoms with Crippen molar-refractivity contribution >= 4 is 11.8 Å². The normalized spacial score (nSPS) is 26.2. The van der Waals surface area contributed by atoms with Crippen LogP contribution in [0.25, 0.3) is 0 Å². The van der Waals surface area contributed by atoms with Crippen LogP contribution in [-0.4, -0.2) is 35.1 Å². The maximum Gasteiger partial charge on any atom is 0.273 e. The van der Waals surface area contributed by atoms with E-state index in [9.17, 15) is 9.59 Å². The summed E-state index contributed by atoms with van der Waals surface area (Å²) in [5.41, 5.74) is 2.37. The number of nitrogens with zero attached hydrogens (tertiary/aromatic N) is 1. The van der Waals surface area contributed by atoms with E-state index in [2.05, 4.69) is 5.43 Å². The summed E-state index contributed by atoms with van der Waals surface area (Å²) >= 11 is 0. The molecule has 56 valence electrons. The zero-order valence-electron chi connectivity index (χ0n) is 5.50. The highest BCUT2D eigenvalue weighted by Crippen LogP contribution is 2.08. The van der Waals surface area contributed by atoms with Gasteiger partial charge < -0.3 is 5.11 Å². The number of amides is 2. The number of rotatable bonds is 1. The lowest BCUT2D eigenvalue weighted by Gasteiger charge is -2.09. The van der Waals surface area contributed by atoms with Crippen molar-refractivity contribution < 1.29 is 14.7 Å². The second-order valence-electron chi connectivity index (χ2n) is 2.01. The zero-order chi connectivity index (χ0) is 7.72. The van der Waals surface area contributed by atoms with Gasteiger partial charge in [0.05, 0.1) is 6.42 Å². The molecule has 1 atom stereocenters.